The maximum absolute atomic E-state index is 14.0. The maximum atomic E-state index is 14.0. The summed E-state index contributed by atoms with van der Waals surface area (Å²) in [6, 6.07) is 21.7. The average Bonchev–Trinajstić information content (AvgIpc) is 3.27. The van der Waals surface area contributed by atoms with Crippen LogP contribution in [0.5, 0.6) is 17.2 Å². The van der Waals surface area contributed by atoms with Gasteiger partial charge in [-0.2, -0.15) is 0 Å². The number of allylic oxidation sites excluding steroid dienone is 1. The zero-order valence-electron chi connectivity index (χ0n) is 36.0. The van der Waals surface area contributed by atoms with Crippen molar-refractivity contribution in [2.45, 2.75) is 56.9 Å². The highest BCUT2D eigenvalue weighted by Crippen LogP contribution is 2.44. The van der Waals surface area contributed by atoms with Crippen molar-refractivity contribution in [3.8, 4) is 17.2 Å². The molecular weight excluding hydrogens is 868 g/mol. The van der Waals surface area contributed by atoms with Gasteiger partial charge in [-0.05, 0) is 110 Å². The highest BCUT2D eigenvalue weighted by Gasteiger charge is 2.32. The number of hydrogen-bond acceptors (Lipinski definition) is 12. The van der Waals surface area contributed by atoms with Crippen molar-refractivity contribution >= 4 is 61.8 Å². The quantitative estimate of drug-likeness (QED) is 0.0665. The molecule has 0 radical (unpaired) electrons. The van der Waals surface area contributed by atoms with Crippen LogP contribution in [0, 0.1) is 15.5 Å². The predicted octanol–water partition coefficient (Wildman–Crippen LogP) is 8.77. The molecule has 336 valence electrons. The zero-order valence-corrected chi connectivity index (χ0v) is 38.3. The average molecular weight is 922 g/mol. The Labute approximate surface area is 379 Å². The highest BCUT2D eigenvalue weighted by atomic mass is 35.5. The number of nitrogens with one attached hydrogen (secondary N) is 2. The molecule has 17 heteroatoms. The van der Waals surface area contributed by atoms with Crippen LogP contribution in [0.2, 0.25) is 10.0 Å². The van der Waals surface area contributed by atoms with Crippen LogP contribution < -0.4 is 29.3 Å². The molecule has 3 aliphatic rings. The molecule has 4 aromatic rings. The van der Waals surface area contributed by atoms with Crippen LogP contribution in [-0.2, 0) is 14.8 Å². The summed E-state index contributed by atoms with van der Waals surface area (Å²) in [6.45, 7) is 9.96. The lowest BCUT2D eigenvalue weighted by molar-refractivity contribution is -0.384. The Morgan fingerprint density at radius 1 is 0.968 bits per heavy atom. The Kier molecular flexibility index (Phi) is 14.5. The number of nitro benzene ring substituents is 1. The van der Waals surface area contributed by atoms with E-state index in [4.69, 9.17) is 37.4 Å². The standard InChI is InChI=1S/C46H54Cl2N6O8S/c1-46(2)19-16-32(38(28-46)31-8-10-33(47)11-9-31)29-52-22-24-53(25-23-52)35-12-14-37(43(26-35)62-42-7-5-6-41(44(42)48)61-30-60-4)45(55)50-63(58,59)36-13-15-39(40(27-36)54(56)57)51(3)34-17-20-49-21-18-34/h5-15,26-27,34,49H,16-25,28-30H2,1-4H3,(H,50,55). The number of carbonyl (C=O) groups is 1. The van der Waals surface area contributed by atoms with Crippen LogP contribution in [0.3, 0.4) is 0 Å². The molecule has 0 unspecified atom stereocenters. The summed E-state index contributed by atoms with van der Waals surface area (Å²) in [7, 11) is -1.36. The van der Waals surface area contributed by atoms with Gasteiger partial charge in [0.1, 0.15) is 28.0 Å². The molecule has 0 saturated carbocycles. The van der Waals surface area contributed by atoms with Crippen molar-refractivity contribution in [3.05, 3.63) is 116 Å². The Hall–Kier alpha value is -4.90. The molecule has 1 amide bonds. The topological polar surface area (TPSA) is 156 Å². The smallest absolute Gasteiger partial charge is 0.293 e. The number of anilines is 2. The number of benzene rings is 4. The van der Waals surface area contributed by atoms with E-state index in [1.54, 1.807) is 37.4 Å². The van der Waals surface area contributed by atoms with Crippen molar-refractivity contribution in [2.75, 3.05) is 76.6 Å². The number of rotatable bonds is 15. The van der Waals surface area contributed by atoms with E-state index >= 15 is 0 Å². The van der Waals surface area contributed by atoms with Gasteiger partial charge in [0.05, 0.1) is 15.4 Å². The zero-order chi connectivity index (χ0) is 44.9. The molecule has 2 fully saturated rings. The summed E-state index contributed by atoms with van der Waals surface area (Å²) < 4.78 is 46.7. The van der Waals surface area contributed by atoms with Gasteiger partial charge in [-0.3, -0.25) is 19.8 Å². The lowest BCUT2D eigenvalue weighted by Crippen LogP contribution is -2.47. The van der Waals surface area contributed by atoms with E-state index in [-0.39, 0.29) is 57.5 Å². The minimum atomic E-state index is -4.60. The third kappa shape index (κ3) is 11.1. The summed E-state index contributed by atoms with van der Waals surface area (Å²) >= 11 is 12.9. The fourth-order valence-corrected chi connectivity index (χ4v) is 9.87. The minimum absolute atomic E-state index is 0.0408. The number of nitrogens with zero attached hydrogens (tertiary/aromatic N) is 4. The number of nitro groups is 1. The molecule has 14 nitrogen and oxygen atoms in total. The fourth-order valence-electron chi connectivity index (χ4n) is 8.54. The van der Waals surface area contributed by atoms with Crippen LogP contribution >= 0.6 is 23.2 Å². The van der Waals surface area contributed by atoms with Crippen molar-refractivity contribution < 1.29 is 32.3 Å². The Morgan fingerprint density at radius 3 is 2.38 bits per heavy atom. The number of methoxy groups -OCH3 is 1. The van der Waals surface area contributed by atoms with Gasteiger partial charge in [-0.25, -0.2) is 13.1 Å². The molecule has 2 saturated heterocycles. The van der Waals surface area contributed by atoms with Gasteiger partial charge in [0.15, 0.2) is 6.79 Å². The third-order valence-corrected chi connectivity index (χ3v) is 14.1. The molecule has 4 aromatic carbocycles. The van der Waals surface area contributed by atoms with E-state index in [0.29, 0.717) is 13.1 Å². The summed E-state index contributed by atoms with van der Waals surface area (Å²) in [5, 5.41) is 16.4. The molecule has 2 N–H and O–H groups in total. The van der Waals surface area contributed by atoms with Crippen LogP contribution in [0.1, 0.15) is 61.9 Å². The van der Waals surface area contributed by atoms with Gasteiger partial charge in [0.2, 0.25) is 0 Å². The number of hydrogen-bond donors (Lipinski definition) is 2. The van der Waals surface area contributed by atoms with Crippen molar-refractivity contribution in [1.82, 2.24) is 14.9 Å². The van der Waals surface area contributed by atoms with Crippen LogP contribution in [-0.4, -0.2) is 97.0 Å². The van der Waals surface area contributed by atoms with Crippen LogP contribution in [0.4, 0.5) is 17.1 Å². The molecule has 7 rings (SSSR count). The SMILES string of the molecule is COCOc1cccc(Oc2cc(N3CCN(CC4=C(c5ccc(Cl)cc5)CC(C)(C)CC4)CC3)ccc2C(=O)NS(=O)(=O)c2ccc(N(C)C3CCNCC3)c([N+](=O)[O-])c2)c1Cl. The largest absolute Gasteiger partial charge is 0.466 e. The number of amides is 1. The first-order valence-corrected chi connectivity index (χ1v) is 23.3. The number of ether oxygens (including phenoxy) is 3. The van der Waals surface area contributed by atoms with E-state index in [9.17, 15) is 23.3 Å². The van der Waals surface area contributed by atoms with Gasteiger partial charge < -0.3 is 29.3 Å². The minimum Gasteiger partial charge on any atom is -0.466 e. The van der Waals surface area contributed by atoms with Gasteiger partial charge in [0, 0.05) is 75.8 Å². The highest BCUT2D eigenvalue weighted by molar-refractivity contribution is 7.90. The normalized spacial score (nSPS) is 17.3. The molecule has 0 spiro atoms. The molecular formula is C46H54Cl2N6O8S. The first-order valence-electron chi connectivity index (χ1n) is 21.1. The molecule has 0 bridgehead atoms. The monoisotopic (exact) mass is 920 g/mol. The summed E-state index contributed by atoms with van der Waals surface area (Å²) in [6.07, 6.45) is 4.72. The number of carbonyl (C=O) groups excluding carboxylic acids is 1. The Balaban J connectivity index is 1.13. The van der Waals surface area contributed by atoms with Crippen molar-refractivity contribution in [3.63, 3.8) is 0 Å². The number of piperidine rings is 1. The predicted molar refractivity (Wildman–Crippen MR) is 247 cm³/mol. The molecule has 63 heavy (non-hydrogen) atoms. The van der Waals surface area contributed by atoms with Gasteiger partial charge in [-0.15, -0.1) is 0 Å². The first kappa shape index (κ1) is 46.1. The van der Waals surface area contributed by atoms with Gasteiger partial charge in [-0.1, -0.05) is 60.8 Å². The molecule has 2 aliphatic heterocycles. The lowest BCUT2D eigenvalue weighted by atomic mass is 9.72. The summed E-state index contributed by atoms with van der Waals surface area (Å²) in [4.78, 5) is 31.7. The van der Waals surface area contributed by atoms with Gasteiger partial charge >= 0.3 is 0 Å². The Bertz CT molecular complexity index is 2450. The number of halogens is 2. The van der Waals surface area contributed by atoms with Gasteiger partial charge in [0.25, 0.3) is 21.6 Å². The lowest BCUT2D eigenvalue weighted by Gasteiger charge is -2.39. The third-order valence-electron chi connectivity index (χ3n) is 12.1. The van der Waals surface area contributed by atoms with Crippen molar-refractivity contribution in [2.24, 2.45) is 5.41 Å². The van der Waals surface area contributed by atoms with E-state index in [1.807, 2.05) is 17.0 Å². The Morgan fingerprint density at radius 2 is 1.68 bits per heavy atom. The molecule has 2 heterocycles. The van der Waals surface area contributed by atoms with E-state index < -0.39 is 25.7 Å². The van der Waals surface area contributed by atoms with Crippen LogP contribution in [0.25, 0.3) is 5.57 Å². The number of sulfonamides is 1. The summed E-state index contributed by atoms with van der Waals surface area (Å²) in [5.74, 6) is -0.513. The maximum Gasteiger partial charge on any atom is 0.293 e. The van der Waals surface area contributed by atoms with E-state index in [2.05, 4.69) is 45.8 Å². The van der Waals surface area contributed by atoms with Crippen molar-refractivity contribution in [1.29, 1.82) is 0 Å². The second-order valence-electron chi connectivity index (χ2n) is 17.0. The summed E-state index contributed by atoms with van der Waals surface area (Å²) in [5.41, 5.74) is 4.85. The molecule has 0 atom stereocenters. The first-order chi connectivity index (χ1) is 30.1. The molecule has 0 aromatic heterocycles. The fraction of sp³-hybridized carbons (Fsp3) is 0.413. The van der Waals surface area contributed by atoms with E-state index in [1.165, 1.54) is 42.0 Å². The van der Waals surface area contributed by atoms with Crippen LogP contribution in [0.15, 0.2) is 89.3 Å². The number of piperazine rings is 1. The second-order valence-corrected chi connectivity index (χ2v) is 19.5. The second kappa shape index (κ2) is 19.9. The molecule has 1 aliphatic carbocycles. The van der Waals surface area contributed by atoms with E-state index in [0.717, 1.165) is 81.6 Å².